The molecule has 1 heterocycles. The van der Waals surface area contributed by atoms with Gasteiger partial charge in [0.2, 0.25) is 0 Å². The lowest BCUT2D eigenvalue weighted by atomic mass is 10.4. The highest BCUT2D eigenvalue weighted by Crippen LogP contribution is 2.10. The Hall–Kier alpha value is -0.490. The monoisotopic (exact) mass is 215 g/mol. The number of thiazole rings is 1. The van der Waals surface area contributed by atoms with Gasteiger partial charge < -0.3 is 15.8 Å². The Balaban J connectivity index is 2.02. The number of ether oxygens (including phenoxy) is 1. The van der Waals surface area contributed by atoms with Crippen LogP contribution in [0.25, 0.3) is 0 Å². The van der Waals surface area contributed by atoms with Crippen molar-refractivity contribution in [1.82, 2.24) is 10.3 Å². The summed E-state index contributed by atoms with van der Waals surface area (Å²) in [6.45, 7) is 5.71. The fourth-order valence-electron chi connectivity index (χ4n) is 1.03. The lowest BCUT2D eigenvalue weighted by Gasteiger charge is -2.04. The summed E-state index contributed by atoms with van der Waals surface area (Å²) in [5.74, 6) is 0. The molecule has 0 bridgehead atoms. The normalized spacial score (nSPS) is 10.7. The van der Waals surface area contributed by atoms with E-state index in [1.54, 1.807) is 11.3 Å². The maximum atomic E-state index is 5.29. The summed E-state index contributed by atoms with van der Waals surface area (Å²) in [4.78, 5) is 5.47. The zero-order valence-electron chi connectivity index (χ0n) is 8.45. The largest absolute Gasteiger partial charge is 0.379 e. The standard InChI is InChI=1S/C9H17N3OS/c1-8-9(14-7-12-8)6-11-3-5-13-4-2-10/h7,11H,2-6,10H2,1H3. The zero-order chi connectivity index (χ0) is 10.2. The molecule has 1 aromatic heterocycles. The van der Waals surface area contributed by atoms with Gasteiger partial charge in [0.1, 0.15) is 0 Å². The SMILES string of the molecule is Cc1ncsc1CNCCOCCN. The van der Waals surface area contributed by atoms with E-state index in [4.69, 9.17) is 10.5 Å². The van der Waals surface area contributed by atoms with Gasteiger partial charge in [0.05, 0.1) is 24.4 Å². The third-order valence-corrected chi connectivity index (χ3v) is 2.75. The average molecular weight is 215 g/mol. The third kappa shape index (κ3) is 4.15. The first-order valence-electron chi connectivity index (χ1n) is 4.72. The van der Waals surface area contributed by atoms with Crippen LogP contribution in [0.5, 0.6) is 0 Å². The van der Waals surface area contributed by atoms with Crippen molar-refractivity contribution in [3.8, 4) is 0 Å². The second-order valence-corrected chi connectivity index (χ2v) is 3.88. The van der Waals surface area contributed by atoms with Gasteiger partial charge in [-0.2, -0.15) is 0 Å². The number of nitrogens with one attached hydrogen (secondary N) is 1. The van der Waals surface area contributed by atoms with E-state index in [2.05, 4.69) is 10.3 Å². The van der Waals surface area contributed by atoms with Crippen LogP contribution >= 0.6 is 11.3 Å². The van der Waals surface area contributed by atoms with Crippen LogP contribution < -0.4 is 11.1 Å². The smallest absolute Gasteiger partial charge is 0.0798 e. The van der Waals surface area contributed by atoms with Crippen molar-refractivity contribution in [2.75, 3.05) is 26.3 Å². The summed E-state index contributed by atoms with van der Waals surface area (Å²) in [7, 11) is 0. The maximum Gasteiger partial charge on any atom is 0.0798 e. The molecule has 0 saturated carbocycles. The van der Waals surface area contributed by atoms with Crippen LogP contribution in [-0.2, 0) is 11.3 Å². The van der Waals surface area contributed by atoms with Gasteiger partial charge in [0.15, 0.2) is 0 Å². The van der Waals surface area contributed by atoms with Crippen molar-refractivity contribution < 1.29 is 4.74 Å². The molecule has 0 fully saturated rings. The van der Waals surface area contributed by atoms with E-state index in [0.717, 1.165) is 25.4 Å². The molecule has 3 N–H and O–H groups in total. The maximum absolute atomic E-state index is 5.29. The Bertz CT molecular complexity index is 252. The summed E-state index contributed by atoms with van der Waals surface area (Å²) < 4.78 is 5.23. The second kappa shape index (κ2) is 6.89. The number of nitrogens with zero attached hydrogens (tertiary/aromatic N) is 1. The van der Waals surface area contributed by atoms with Crippen LogP contribution in [0.2, 0.25) is 0 Å². The summed E-state index contributed by atoms with van der Waals surface area (Å²) in [6, 6.07) is 0. The van der Waals surface area contributed by atoms with Crippen molar-refractivity contribution in [3.05, 3.63) is 16.1 Å². The molecule has 0 aliphatic heterocycles. The molecule has 5 heteroatoms. The summed E-state index contributed by atoms with van der Waals surface area (Å²) in [5, 5.41) is 3.29. The second-order valence-electron chi connectivity index (χ2n) is 2.94. The van der Waals surface area contributed by atoms with Gasteiger partial charge in [-0.05, 0) is 6.92 Å². The van der Waals surface area contributed by atoms with Crippen LogP contribution in [0.1, 0.15) is 10.6 Å². The molecule has 1 rings (SSSR count). The van der Waals surface area contributed by atoms with Crippen LogP contribution in [0, 0.1) is 6.92 Å². The van der Waals surface area contributed by atoms with Crippen molar-refractivity contribution in [1.29, 1.82) is 0 Å². The molecule has 14 heavy (non-hydrogen) atoms. The summed E-state index contributed by atoms with van der Waals surface area (Å²) in [6.07, 6.45) is 0. The molecule has 0 atom stereocenters. The van der Waals surface area contributed by atoms with E-state index in [0.29, 0.717) is 13.2 Å². The fraction of sp³-hybridized carbons (Fsp3) is 0.667. The molecule has 0 amide bonds. The lowest BCUT2D eigenvalue weighted by Crippen LogP contribution is -2.20. The molecule has 0 aliphatic carbocycles. The first kappa shape index (κ1) is 11.6. The lowest BCUT2D eigenvalue weighted by molar-refractivity contribution is 0.143. The van der Waals surface area contributed by atoms with Gasteiger partial charge in [-0.25, -0.2) is 4.98 Å². The predicted octanol–water partition coefficient (Wildman–Crippen LogP) is 0.516. The number of rotatable bonds is 7. The summed E-state index contributed by atoms with van der Waals surface area (Å²) in [5.41, 5.74) is 8.28. The van der Waals surface area contributed by atoms with Gasteiger partial charge >= 0.3 is 0 Å². The highest BCUT2D eigenvalue weighted by molar-refractivity contribution is 7.09. The van der Waals surface area contributed by atoms with Crippen molar-refractivity contribution in [2.24, 2.45) is 5.73 Å². The Morgan fingerprint density at radius 3 is 3.07 bits per heavy atom. The van der Waals surface area contributed by atoms with Crippen molar-refractivity contribution >= 4 is 11.3 Å². The number of aryl methyl sites for hydroxylation is 1. The highest BCUT2D eigenvalue weighted by Gasteiger charge is 1.99. The fourth-order valence-corrected chi connectivity index (χ4v) is 1.77. The molecular weight excluding hydrogens is 198 g/mol. The Morgan fingerprint density at radius 2 is 2.43 bits per heavy atom. The van der Waals surface area contributed by atoms with E-state index in [-0.39, 0.29) is 0 Å². The molecule has 80 valence electrons. The molecular formula is C9H17N3OS. The minimum Gasteiger partial charge on any atom is -0.379 e. The number of hydrogen-bond acceptors (Lipinski definition) is 5. The van der Waals surface area contributed by atoms with Gasteiger partial charge in [0.25, 0.3) is 0 Å². The Morgan fingerprint density at radius 1 is 1.57 bits per heavy atom. The molecule has 0 radical (unpaired) electrons. The first-order valence-corrected chi connectivity index (χ1v) is 5.60. The van der Waals surface area contributed by atoms with Crippen LogP contribution in [0.15, 0.2) is 5.51 Å². The van der Waals surface area contributed by atoms with E-state index in [9.17, 15) is 0 Å². The number of nitrogens with two attached hydrogens (primary N) is 1. The van der Waals surface area contributed by atoms with Gasteiger partial charge in [-0.15, -0.1) is 11.3 Å². The third-order valence-electron chi connectivity index (χ3n) is 1.82. The average Bonchev–Trinajstić information content (AvgIpc) is 2.58. The predicted molar refractivity (Wildman–Crippen MR) is 58.4 cm³/mol. The van der Waals surface area contributed by atoms with E-state index >= 15 is 0 Å². The van der Waals surface area contributed by atoms with Crippen LogP contribution in [-0.4, -0.2) is 31.3 Å². The quantitative estimate of drug-likeness (QED) is 0.651. The topological polar surface area (TPSA) is 60.2 Å². The van der Waals surface area contributed by atoms with E-state index < -0.39 is 0 Å². The molecule has 0 aromatic carbocycles. The molecule has 1 aromatic rings. The minimum atomic E-state index is 0.591. The minimum absolute atomic E-state index is 0.591. The number of hydrogen-bond donors (Lipinski definition) is 2. The molecule has 0 spiro atoms. The van der Waals surface area contributed by atoms with E-state index in [1.807, 2.05) is 12.4 Å². The van der Waals surface area contributed by atoms with Crippen molar-refractivity contribution in [3.63, 3.8) is 0 Å². The van der Waals surface area contributed by atoms with Crippen LogP contribution in [0.4, 0.5) is 0 Å². The molecule has 0 aliphatic rings. The highest BCUT2D eigenvalue weighted by atomic mass is 32.1. The Kier molecular flexibility index (Phi) is 5.70. The van der Waals surface area contributed by atoms with Gasteiger partial charge in [-0.1, -0.05) is 0 Å². The van der Waals surface area contributed by atoms with Crippen molar-refractivity contribution in [2.45, 2.75) is 13.5 Å². The molecule has 4 nitrogen and oxygen atoms in total. The Labute approximate surface area is 88.5 Å². The zero-order valence-corrected chi connectivity index (χ0v) is 9.27. The molecule has 0 saturated heterocycles. The van der Waals surface area contributed by atoms with E-state index in [1.165, 1.54) is 4.88 Å². The van der Waals surface area contributed by atoms with Crippen LogP contribution in [0.3, 0.4) is 0 Å². The van der Waals surface area contributed by atoms with Gasteiger partial charge in [0, 0.05) is 24.5 Å². The van der Waals surface area contributed by atoms with Gasteiger partial charge in [-0.3, -0.25) is 0 Å². The summed E-state index contributed by atoms with van der Waals surface area (Å²) >= 11 is 1.68. The molecule has 0 unspecified atom stereocenters. The first-order chi connectivity index (χ1) is 6.84. The number of aromatic nitrogens is 1.